The molecule has 1 saturated heterocycles. The Kier molecular flexibility index (Phi) is 4.06. The van der Waals surface area contributed by atoms with E-state index in [1.807, 2.05) is 0 Å². The second-order valence-electron chi connectivity index (χ2n) is 5.17. The number of hydrogen-bond acceptors (Lipinski definition) is 3. The molecule has 1 aromatic carbocycles. The van der Waals surface area contributed by atoms with Gasteiger partial charge in [0.05, 0.1) is 16.8 Å². The third-order valence-corrected chi connectivity index (χ3v) is 3.72. The first kappa shape index (κ1) is 13.4. The maximum absolute atomic E-state index is 10.9. The second kappa shape index (κ2) is 5.75. The van der Waals surface area contributed by atoms with Crippen LogP contribution < -0.4 is 4.90 Å². The van der Waals surface area contributed by atoms with Crippen molar-refractivity contribution in [3.05, 3.63) is 29.3 Å². The molecule has 0 aromatic heterocycles. The van der Waals surface area contributed by atoms with Crippen LogP contribution in [-0.2, 0) is 0 Å². The van der Waals surface area contributed by atoms with Crippen LogP contribution in [0.25, 0.3) is 0 Å². The topological polar surface area (TPSA) is 64.3 Å². The van der Waals surface area contributed by atoms with Gasteiger partial charge in [-0.1, -0.05) is 6.92 Å². The predicted molar refractivity (Wildman–Crippen MR) is 73.3 cm³/mol. The third kappa shape index (κ3) is 3.05. The SMILES string of the molecule is CC1CCCN(c2ccc(C(=O)O)cc2C#N)CC1. The Morgan fingerprint density at radius 1 is 1.42 bits per heavy atom. The first-order valence-corrected chi connectivity index (χ1v) is 6.64. The highest BCUT2D eigenvalue weighted by Gasteiger charge is 2.17. The summed E-state index contributed by atoms with van der Waals surface area (Å²) in [6.07, 6.45) is 3.45. The molecule has 1 unspecified atom stereocenters. The zero-order chi connectivity index (χ0) is 13.8. The van der Waals surface area contributed by atoms with Crippen LogP contribution >= 0.6 is 0 Å². The largest absolute Gasteiger partial charge is 0.478 e. The summed E-state index contributed by atoms with van der Waals surface area (Å²) in [7, 11) is 0. The lowest BCUT2D eigenvalue weighted by molar-refractivity contribution is 0.0697. The highest BCUT2D eigenvalue weighted by molar-refractivity contribution is 5.89. The van der Waals surface area contributed by atoms with Crippen LogP contribution in [-0.4, -0.2) is 24.2 Å². The molecule has 1 fully saturated rings. The monoisotopic (exact) mass is 258 g/mol. The van der Waals surface area contributed by atoms with E-state index in [1.165, 1.54) is 12.5 Å². The standard InChI is InChI=1S/C15H18N2O2/c1-11-3-2-7-17(8-6-11)14-5-4-12(15(18)19)9-13(14)10-16/h4-5,9,11H,2-3,6-8H2,1H3,(H,18,19). The smallest absolute Gasteiger partial charge is 0.335 e. The van der Waals surface area contributed by atoms with E-state index >= 15 is 0 Å². The summed E-state index contributed by atoms with van der Waals surface area (Å²) in [5, 5.41) is 18.2. The van der Waals surface area contributed by atoms with Gasteiger partial charge in [0.15, 0.2) is 0 Å². The van der Waals surface area contributed by atoms with Crippen LogP contribution in [0.2, 0.25) is 0 Å². The van der Waals surface area contributed by atoms with E-state index in [0.29, 0.717) is 11.5 Å². The fourth-order valence-electron chi connectivity index (χ4n) is 2.54. The van der Waals surface area contributed by atoms with E-state index in [9.17, 15) is 10.1 Å². The van der Waals surface area contributed by atoms with Gasteiger partial charge >= 0.3 is 5.97 Å². The lowest BCUT2D eigenvalue weighted by Gasteiger charge is -2.24. The van der Waals surface area contributed by atoms with Gasteiger partial charge in [0.1, 0.15) is 6.07 Å². The maximum atomic E-state index is 10.9. The molecule has 0 amide bonds. The summed E-state index contributed by atoms with van der Waals surface area (Å²) in [5.41, 5.74) is 1.49. The predicted octanol–water partition coefficient (Wildman–Crippen LogP) is 2.88. The van der Waals surface area contributed by atoms with E-state index in [1.54, 1.807) is 12.1 Å². The third-order valence-electron chi connectivity index (χ3n) is 3.72. The van der Waals surface area contributed by atoms with Gasteiger partial charge in [0.25, 0.3) is 0 Å². The second-order valence-corrected chi connectivity index (χ2v) is 5.17. The van der Waals surface area contributed by atoms with Gasteiger partial charge in [-0.15, -0.1) is 0 Å². The van der Waals surface area contributed by atoms with Crippen molar-refractivity contribution >= 4 is 11.7 Å². The molecule has 0 saturated carbocycles. The number of carboxylic acids is 1. The minimum absolute atomic E-state index is 0.170. The van der Waals surface area contributed by atoms with Crippen molar-refractivity contribution in [2.75, 3.05) is 18.0 Å². The number of nitrogens with zero attached hydrogens (tertiary/aromatic N) is 2. The fourth-order valence-corrected chi connectivity index (χ4v) is 2.54. The average Bonchev–Trinajstić information content (AvgIpc) is 2.62. The number of carbonyl (C=O) groups is 1. The highest BCUT2D eigenvalue weighted by atomic mass is 16.4. The Labute approximate surface area is 113 Å². The molecule has 2 rings (SSSR count). The number of rotatable bonds is 2. The van der Waals surface area contributed by atoms with Crippen molar-refractivity contribution in [2.45, 2.75) is 26.2 Å². The molecule has 1 N–H and O–H groups in total. The van der Waals surface area contributed by atoms with Gasteiger partial charge in [-0.3, -0.25) is 0 Å². The molecule has 1 aliphatic heterocycles. The van der Waals surface area contributed by atoms with Crippen molar-refractivity contribution in [3.63, 3.8) is 0 Å². The Morgan fingerprint density at radius 2 is 2.21 bits per heavy atom. The Balaban J connectivity index is 2.29. The number of anilines is 1. The number of benzene rings is 1. The summed E-state index contributed by atoms with van der Waals surface area (Å²) in [4.78, 5) is 13.1. The first-order valence-electron chi connectivity index (χ1n) is 6.64. The number of hydrogen-bond donors (Lipinski definition) is 1. The lowest BCUT2D eigenvalue weighted by Crippen LogP contribution is -2.25. The number of nitriles is 1. The molecule has 0 aliphatic carbocycles. The van der Waals surface area contributed by atoms with Crippen LogP contribution in [0.4, 0.5) is 5.69 Å². The highest BCUT2D eigenvalue weighted by Crippen LogP contribution is 2.26. The summed E-state index contributed by atoms with van der Waals surface area (Å²) < 4.78 is 0. The molecule has 4 heteroatoms. The summed E-state index contributed by atoms with van der Waals surface area (Å²) >= 11 is 0. The van der Waals surface area contributed by atoms with E-state index in [-0.39, 0.29) is 5.56 Å². The zero-order valence-electron chi connectivity index (χ0n) is 11.1. The van der Waals surface area contributed by atoms with E-state index in [2.05, 4.69) is 17.9 Å². The Hall–Kier alpha value is -2.02. The van der Waals surface area contributed by atoms with Gasteiger partial charge < -0.3 is 10.0 Å². The molecular formula is C15H18N2O2. The van der Waals surface area contributed by atoms with Crippen LogP contribution in [0.1, 0.15) is 42.1 Å². The Morgan fingerprint density at radius 3 is 2.89 bits per heavy atom. The van der Waals surface area contributed by atoms with Crippen molar-refractivity contribution < 1.29 is 9.90 Å². The van der Waals surface area contributed by atoms with Crippen molar-refractivity contribution in [2.24, 2.45) is 5.92 Å². The van der Waals surface area contributed by atoms with Crippen molar-refractivity contribution in [1.29, 1.82) is 5.26 Å². The minimum Gasteiger partial charge on any atom is -0.478 e. The molecule has 4 nitrogen and oxygen atoms in total. The number of carboxylic acid groups (broad SMARTS) is 1. The molecule has 19 heavy (non-hydrogen) atoms. The van der Waals surface area contributed by atoms with Crippen LogP contribution in [0.3, 0.4) is 0 Å². The minimum atomic E-state index is -0.993. The van der Waals surface area contributed by atoms with E-state index in [4.69, 9.17) is 5.11 Å². The molecular weight excluding hydrogens is 240 g/mol. The van der Waals surface area contributed by atoms with Gasteiger partial charge in [-0.05, 0) is 43.4 Å². The van der Waals surface area contributed by atoms with E-state index in [0.717, 1.165) is 31.6 Å². The summed E-state index contributed by atoms with van der Waals surface area (Å²) in [5.74, 6) is -0.277. The van der Waals surface area contributed by atoms with Gasteiger partial charge in [0.2, 0.25) is 0 Å². The molecule has 1 aliphatic rings. The molecule has 0 radical (unpaired) electrons. The summed E-state index contributed by atoms with van der Waals surface area (Å²) in [6.45, 7) is 4.12. The molecule has 1 aromatic rings. The molecule has 0 spiro atoms. The molecule has 1 atom stereocenters. The van der Waals surface area contributed by atoms with Gasteiger partial charge in [0, 0.05) is 13.1 Å². The molecule has 0 bridgehead atoms. The van der Waals surface area contributed by atoms with Crippen molar-refractivity contribution in [1.82, 2.24) is 0 Å². The average molecular weight is 258 g/mol. The van der Waals surface area contributed by atoms with Crippen LogP contribution in [0.15, 0.2) is 18.2 Å². The number of aromatic carboxylic acids is 1. The fraction of sp³-hybridized carbons (Fsp3) is 0.467. The van der Waals surface area contributed by atoms with Gasteiger partial charge in [-0.2, -0.15) is 5.26 Å². The van der Waals surface area contributed by atoms with Gasteiger partial charge in [-0.25, -0.2) is 4.79 Å². The van der Waals surface area contributed by atoms with Crippen molar-refractivity contribution in [3.8, 4) is 6.07 Å². The quantitative estimate of drug-likeness (QED) is 0.885. The first-order chi connectivity index (χ1) is 9.11. The molecule has 1 heterocycles. The normalized spacial score (nSPS) is 19.6. The Bertz CT molecular complexity index is 519. The maximum Gasteiger partial charge on any atom is 0.335 e. The van der Waals surface area contributed by atoms with Crippen LogP contribution in [0, 0.1) is 17.2 Å². The lowest BCUT2D eigenvalue weighted by atomic mass is 10.0. The van der Waals surface area contributed by atoms with E-state index < -0.39 is 5.97 Å². The molecule has 100 valence electrons. The summed E-state index contributed by atoms with van der Waals surface area (Å²) in [6, 6.07) is 6.92. The van der Waals surface area contributed by atoms with Crippen LogP contribution in [0.5, 0.6) is 0 Å². The zero-order valence-corrected chi connectivity index (χ0v) is 11.1.